The second kappa shape index (κ2) is 9.33. The lowest BCUT2D eigenvalue weighted by Gasteiger charge is -2.48. The van der Waals surface area contributed by atoms with E-state index in [0.717, 1.165) is 0 Å². The number of benzene rings is 3. The number of hydrogen-bond acceptors (Lipinski definition) is 3. The van der Waals surface area contributed by atoms with Crippen LogP contribution >= 0.6 is 23.2 Å². The monoisotopic (exact) mass is 505 g/mol. The van der Waals surface area contributed by atoms with Gasteiger partial charge in [-0.25, -0.2) is 8.78 Å². The van der Waals surface area contributed by atoms with Gasteiger partial charge >= 0.3 is 5.97 Å². The molecule has 3 aromatic rings. The Morgan fingerprint density at radius 3 is 2.24 bits per heavy atom. The van der Waals surface area contributed by atoms with Crippen molar-refractivity contribution in [3.63, 3.8) is 0 Å². The van der Waals surface area contributed by atoms with Crippen molar-refractivity contribution in [2.75, 3.05) is 6.54 Å². The Labute approximate surface area is 204 Å². The van der Waals surface area contributed by atoms with Crippen LogP contribution in [0.15, 0.2) is 66.7 Å². The van der Waals surface area contributed by atoms with E-state index in [4.69, 9.17) is 27.9 Å². The van der Waals surface area contributed by atoms with E-state index >= 15 is 0 Å². The predicted octanol–water partition coefficient (Wildman–Crippen LogP) is 5.91. The molecule has 1 fully saturated rings. The summed E-state index contributed by atoms with van der Waals surface area (Å²) in [6.07, 6.45) is -0.986. The maximum Gasteiger partial charge on any atom is 0.323 e. The molecule has 3 atom stereocenters. The first-order valence-corrected chi connectivity index (χ1v) is 11.0. The maximum atomic E-state index is 14.4. The molecular weight excluding hydrogens is 487 g/mol. The van der Waals surface area contributed by atoms with Gasteiger partial charge in [-0.1, -0.05) is 53.5 Å². The van der Waals surface area contributed by atoms with Gasteiger partial charge in [0.25, 0.3) is 5.91 Å². The summed E-state index contributed by atoms with van der Waals surface area (Å²) in [5.41, 5.74) is -0.464. The number of amides is 1. The Morgan fingerprint density at radius 2 is 1.65 bits per heavy atom. The average Bonchev–Trinajstić information content (AvgIpc) is 2.79. The van der Waals surface area contributed by atoms with E-state index in [1.807, 2.05) is 0 Å². The molecule has 9 heteroatoms. The van der Waals surface area contributed by atoms with Crippen molar-refractivity contribution < 1.29 is 28.2 Å². The third-order valence-electron chi connectivity index (χ3n) is 5.84. The van der Waals surface area contributed by atoms with Crippen LogP contribution in [0.4, 0.5) is 8.78 Å². The zero-order chi connectivity index (χ0) is 24.6. The van der Waals surface area contributed by atoms with E-state index in [9.17, 15) is 23.5 Å². The lowest BCUT2D eigenvalue weighted by atomic mass is 9.85. The number of aliphatic carboxylic acids is 1. The summed E-state index contributed by atoms with van der Waals surface area (Å²) >= 11 is 11.9. The molecule has 1 aliphatic rings. The molecule has 4 rings (SSSR count). The molecule has 0 bridgehead atoms. The molecular formula is C25H19Cl2F2NO4. The molecule has 1 amide bonds. The van der Waals surface area contributed by atoms with E-state index in [1.165, 1.54) is 48.2 Å². The molecule has 1 N–H and O–H groups in total. The van der Waals surface area contributed by atoms with Crippen LogP contribution in [0.25, 0.3) is 0 Å². The summed E-state index contributed by atoms with van der Waals surface area (Å²) in [4.78, 5) is 26.7. The van der Waals surface area contributed by atoms with Gasteiger partial charge in [0.2, 0.25) is 0 Å². The SMILES string of the molecule is CC1(c2ccc(F)cc2)OC(c2ccc(Cl)c(F)c2)C(c2ccc(Cl)cc2)N(CC(=O)O)C1=O. The lowest BCUT2D eigenvalue weighted by Crippen LogP contribution is -2.56. The molecule has 0 aliphatic carbocycles. The van der Waals surface area contributed by atoms with Crippen molar-refractivity contribution in [1.29, 1.82) is 0 Å². The van der Waals surface area contributed by atoms with E-state index in [2.05, 4.69) is 0 Å². The standard InChI is InChI=1S/C25H19Cl2F2NO4/c1-25(16-5-9-18(28)10-6-16)24(33)30(13-21(31)32)22(14-2-7-17(26)8-3-14)23(34-25)15-4-11-19(27)20(29)12-15/h2-12,22-23H,13H2,1H3,(H,31,32). The molecule has 5 nitrogen and oxygen atoms in total. The summed E-state index contributed by atoms with van der Waals surface area (Å²) in [5.74, 6) is -3.07. The first-order chi connectivity index (χ1) is 16.1. The Kier molecular flexibility index (Phi) is 6.62. The van der Waals surface area contributed by atoms with Crippen molar-refractivity contribution in [2.24, 2.45) is 0 Å². The molecule has 1 heterocycles. The fraction of sp³-hybridized carbons (Fsp3) is 0.200. The van der Waals surface area contributed by atoms with Crippen molar-refractivity contribution in [2.45, 2.75) is 24.7 Å². The number of ether oxygens (including phenoxy) is 1. The fourth-order valence-corrected chi connectivity index (χ4v) is 4.41. The zero-order valence-electron chi connectivity index (χ0n) is 17.8. The van der Waals surface area contributed by atoms with Gasteiger partial charge in [0.05, 0.1) is 11.1 Å². The minimum Gasteiger partial charge on any atom is -0.480 e. The third kappa shape index (κ3) is 4.51. The number of nitrogens with zero attached hydrogens (tertiary/aromatic N) is 1. The van der Waals surface area contributed by atoms with Crippen LogP contribution in [-0.2, 0) is 19.9 Å². The van der Waals surface area contributed by atoms with E-state index in [0.29, 0.717) is 21.7 Å². The van der Waals surface area contributed by atoms with Crippen molar-refractivity contribution in [1.82, 2.24) is 4.90 Å². The molecule has 3 aromatic carbocycles. The molecule has 3 unspecified atom stereocenters. The normalized spacial score (nSPS) is 22.6. The Hall–Kier alpha value is -3.00. The first-order valence-electron chi connectivity index (χ1n) is 10.3. The van der Waals surface area contributed by atoms with Crippen LogP contribution in [0, 0.1) is 11.6 Å². The Bertz CT molecular complexity index is 1240. The minimum absolute atomic E-state index is 0.0950. The van der Waals surface area contributed by atoms with Gasteiger partial charge in [-0.3, -0.25) is 9.59 Å². The molecule has 0 spiro atoms. The number of rotatable bonds is 5. The summed E-state index contributed by atoms with van der Waals surface area (Å²) in [6.45, 7) is 0.841. The Balaban J connectivity index is 1.92. The Morgan fingerprint density at radius 1 is 1.03 bits per heavy atom. The first kappa shape index (κ1) is 24.1. The number of carboxylic acids is 1. The summed E-state index contributed by atoms with van der Waals surface area (Å²) in [6, 6.07) is 14.9. The van der Waals surface area contributed by atoms with Gasteiger partial charge in [-0.15, -0.1) is 0 Å². The van der Waals surface area contributed by atoms with Crippen LogP contribution < -0.4 is 0 Å². The third-order valence-corrected chi connectivity index (χ3v) is 6.40. The van der Waals surface area contributed by atoms with Gasteiger partial charge in [-0.05, 0) is 60.0 Å². The highest BCUT2D eigenvalue weighted by molar-refractivity contribution is 6.30. The van der Waals surface area contributed by atoms with Crippen molar-refractivity contribution in [3.8, 4) is 0 Å². The van der Waals surface area contributed by atoms with Gasteiger partial charge in [-0.2, -0.15) is 0 Å². The second-order valence-corrected chi connectivity index (χ2v) is 8.92. The van der Waals surface area contributed by atoms with Gasteiger partial charge in [0.15, 0.2) is 5.60 Å². The number of hydrogen-bond donors (Lipinski definition) is 1. The van der Waals surface area contributed by atoms with Gasteiger partial charge < -0.3 is 14.7 Å². The largest absolute Gasteiger partial charge is 0.480 e. The second-order valence-electron chi connectivity index (χ2n) is 8.08. The molecule has 1 aliphatic heterocycles. The highest BCUT2D eigenvalue weighted by atomic mass is 35.5. The van der Waals surface area contributed by atoms with Gasteiger partial charge in [0, 0.05) is 5.02 Å². The minimum atomic E-state index is -1.67. The maximum absolute atomic E-state index is 14.4. The molecule has 0 radical (unpaired) electrons. The topological polar surface area (TPSA) is 66.8 Å². The van der Waals surface area contributed by atoms with Crippen LogP contribution in [0.5, 0.6) is 0 Å². The summed E-state index contributed by atoms with van der Waals surface area (Å²) < 4.78 is 34.4. The molecule has 34 heavy (non-hydrogen) atoms. The highest BCUT2D eigenvalue weighted by Gasteiger charge is 2.52. The van der Waals surface area contributed by atoms with E-state index in [-0.39, 0.29) is 5.02 Å². The predicted molar refractivity (Wildman–Crippen MR) is 123 cm³/mol. The quantitative estimate of drug-likeness (QED) is 0.467. The van der Waals surface area contributed by atoms with E-state index < -0.39 is 47.8 Å². The van der Waals surface area contributed by atoms with E-state index in [1.54, 1.807) is 30.3 Å². The van der Waals surface area contributed by atoms with Crippen molar-refractivity contribution >= 4 is 35.1 Å². The van der Waals surface area contributed by atoms with Crippen LogP contribution in [0.1, 0.15) is 35.8 Å². The summed E-state index contributed by atoms with van der Waals surface area (Å²) in [5, 5.41) is 9.98. The summed E-state index contributed by atoms with van der Waals surface area (Å²) in [7, 11) is 0. The van der Waals surface area contributed by atoms with Crippen LogP contribution in [0.3, 0.4) is 0 Å². The molecule has 176 valence electrons. The molecule has 1 saturated heterocycles. The number of halogens is 4. The number of morpholine rings is 1. The zero-order valence-corrected chi connectivity index (χ0v) is 19.4. The van der Waals surface area contributed by atoms with Crippen molar-refractivity contribution in [3.05, 3.63) is 105 Å². The van der Waals surface area contributed by atoms with Crippen LogP contribution in [0.2, 0.25) is 10.0 Å². The lowest BCUT2D eigenvalue weighted by molar-refractivity contribution is -0.202. The number of carbonyl (C=O) groups excluding carboxylic acids is 1. The number of carbonyl (C=O) groups is 2. The molecule has 0 saturated carbocycles. The average molecular weight is 506 g/mol. The fourth-order valence-electron chi connectivity index (χ4n) is 4.16. The van der Waals surface area contributed by atoms with Crippen LogP contribution in [-0.4, -0.2) is 28.4 Å². The number of carboxylic acid groups (broad SMARTS) is 1. The van der Waals surface area contributed by atoms with Gasteiger partial charge in [0.1, 0.15) is 24.3 Å². The molecule has 0 aromatic heterocycles. The smallest absolute Gasteiger partial charge is 0.323 e. The highest BCUT2D eigenvalue weighted by Crippen LogP contribution is 2.48.